The fourth-order valence-electron chi connectivity index (χ4n) is 4.86. The van der Waals surface area contributed by atoms with Gasteiger partial charge in [-0.15, -0.1) is 10.2 Å². The van der Waals surface area contributed by atoms with Crippen molar-refractivity contribution in [1.82, 2.24) is 25.7 Å². The summed E-state index contributed by atoms with van der Waals surface area (Å²) in [6.07, 6.45) is -6.44. The molecule has 0 saturated carbocycles. The van der Waals surface area contributed by atoms with E-state index in [2.05, 4.69) is 30.2 Å². The second-order valence-corrected chi connectivity index (χ2v) is 15.8. The molecule has 1 atom stereocenters. The summed E-state index contributed by atoms with van der Waals surface area (Å²) < 4.78 is 124. The molecule has 51 heavy (non-hydrogen) atoms. The minimum atomic E-state index is -4.89. The van der Waals surface area contributed by atoms with Crippen LogP contribution in [0.4, 0.5) is 36.8 Å². The van der Waals surface area contributed by atoms with Gasteiger partial charge in [0.25, 0.3) is 11.8 Å². The van der Waals surface area contributed by atoms with Gasteiger partial charge < -0.3 is 23.9 Å². The van der Waals surface area contributed by atoms with Crippen LogP contribution >= 0.6 is 0 Å². The second kappa shape index (κ2) is 12.6. The lowest BCUT2D eigenvalue weighted by Gasteiger charge is -2.27. The quantitative estimate of drug-likeness (QED) is 0.216. The molecule has 20 heteroatoms. The van der Waals surface area contributed by atoms with Crippen molar-refractivity contribution in [3.63, 3.8) is 0 Å². The second-order valence-electron chi connectivity index (χ2n) is 13.2. The lowest BCUT2D eigenvalue weighted by Crippen LogP contribution is -2.49. The predicted octanol–water partition coefficient (Wildman–Crippen LogP) is 6.15. The third-order valence-corrected chi connectivity index (χ3v) is 9.83. The number of benzene rings is 2. The van der Waals surface area contributed by atoms with E-state index in [9.17, 15) is 31.2 Å². The molecule has 1 aliphatic heterocycles. The van der Waals surface area contributed by atoms with Crippen molar-refractivity contribution in [1.29, 1.82) is 0 Å². The molecule has 2 aromatic carbocycles. The van der Waals surface area contributed by atoms with Crippen LogP contribution in [0.2, 0.25) is 0 Å². The average molecular weight is 745 g/mol. The van der Waals surface area contributed by atoms with Crippen LogP contribution in [0.1, 0.15) is 63.9 Å². The summed E-state index contributed by atoms with van der Waals surface area (Å²) in [5, 5.41) is 12.9. The van der Waals surface area contributed by atoms with Crippen molar-refractivity contribution in [2.45, 2.75) is 76.1 Å². The normalized spacial score (nSPS) is 16.8. The summed E-state index contributed by atoms with van der Waals surface area (Å²) in [4.78, 5) is 30.9. The minimum Gasteiger partial charge on any atom is -0.444 e. The molecule has 0 fully saturated rings. The average Bonchev–Trinajstić information content (AvgIpc) is 3.68. The molecule has 2 aromatic heterocycles. The molecule has 0 saturated heterocycles. The number of amides is 2. The Kier molecular flexibility index (Phi) is 9.23. The standard InChI is InChI=1S/C31H30F6N6O7S/c1-28(2,3)49-27(45)38-20-13-30(33,34)18-12-19(32)17(23-40-41-25(48-23)29(4,5)51(6,46)47)11-21(18)43(24(20)44)14-15-7-9-16(10-8-15)22-39-26(50-42-22)31(35,36)37/h7-12,20H,13-14H2,1-6H3,(H,38,45)/t20-/m0/s1. The molecule has 0 spiro atoms. The first-order valence-corrected chi connectivity index (χ1v) is 16.8. The fraction of sp³-hybridized carbons (Fsp3) is 0.419. The Morgan fingerprint density at radius 1 is 1.06 bits per heavy atom. The van der Waals surface area contributed by atoms with Crippen LogP contribution in [0, 0.1) is 5.82 Å². The zero-order valence-electron chi connectivity index (χ0n) is 27.7. The van der Waals surface area contributed by atoms with Gasteiger partial charge in [-0.05, 0) is 52.3 Å². The van der Waals surface area contributed by atoms with Crippen molar-refractivity contribution in [3.05, 3.63) is 65.1 Å². The Morgan fingerprint density at radius 3 is 2.27 bits per heavy atom. The first-order valence-electron chi connectivity index (χ1n) is 14.9. The third-order valence-electron chi connectivity index (χ3n) is 7.80. The number of ether oxygens (including phenoxy) is 1. The van der Waals surface area contributed by atoms with Gasteiger partial charge in [-0.3, -0.25) is 4.79 Å². The summed E-state index contributed by atoms with van der Waals surface area (Å²) in [7, 11) is -3.82. The van der Waals surface area contributed by atoms with Crippen molar-refractivity contribution in [2.75, 3.05) is 11.2 Å². The third kappa shape index (κ3) is 7.69. The number of fused-ring (bicyclic) bond motifs is 1. The maximum atomic E-state index is 16.0. The summed E-state index contributed by atoms with van der Waals surface area (Å²) in [6.45, 7) is 6.62. The molecule has 13 nitrogen and oxygen atoms in total. The Bertz CT molecular complexity index is 2090. The number of rotatable bonds is 7. The molecular weight excluding hydrogens is 714 g/mol. The van der Waals surface area contributed by atoms with E-state index in [1.54, 1.807) is 0 Å². The molecule has 0 radical (unpaired) electrons. The number of alkyl halides is 5. The molecule has 0 bridgehead atoms. The molecule has 5 rings (SSSR count). The number of halogens is 6. The van der Waals surface area contributed by atoms with E-state index >= 15 is 13.2 Å². The topological polar surface area (TPSA) is 171 Å². The Balaban J connectivity index is 1.59. The highest BCUT2D eigenvalue weighted by Crippen LogP contribution is 2.45. The van der Waals surface area contributed by atoms with Crippen LogP contribution in [0.25, 0.3) is 22.8 Å². The Labute approximate surface area is 286 Å². The first kappa shape index (κ1) is 37.3. The highest BCUT2D eigenvalue weighted by atomic mass is 32.2. The van der Waals surface area contributed by atoms with Crippen LogP contribution in [0.5, 0.6) is 0 Å². The highest BCUT2D eigenvalue weighted by Gasteiger charge is 2.47. The number of nitrogens with zero attached hydrogens (tertiary/aromatic N) is 5. The number of alkyl carbamates (subject to hydrolysis) is 1. The van der Waals surface area contributed by atoms with Gasteiger partial charge in [0.2, 0.25) is 17.6 Å². The summed E-state index contributed by atoms with van der Waals surface area (Å²) in [5.41, 5.74) is -2.72. The molecule has 4 aromatic rings. The van der Waals surface area contributed by atoms with Crippen molar-refractivity contribution >= 4 is 27.5 Å². The largest absolute Gasteiger partial charge is 0.471 e. The molecule has 0 aliphatic carbocycles. The molecule has 1 N–H and O–H groups in total. The van der Waals surface area contributed by atoms with Gasteiger partial charge in [0, 0.05) is 23.8 Å². The summed E-state index contributed by atoms with van der Waals surface area (Å²) >= 11 is 0. The van der Waals surface area contributed by atoms with Crippen LogP contribution in [-0.2, 0) is 42.8 Å². The SMILES string of the molecule is CC(C)(C)OC(=O)N[C@H]1CC(F)(F)c2cc(F)c(-c3nnc(C(C)(C)S(C)(=O)=O)o3)cc2N(Cc2ccc(-c3noc(C(F)(F)F)n3)cc2)C1=O. The van der Waals surface area contributed by atoms with Gasteiger partial charge >= 0.3 is 18.2 Å². The van der Waals surface area contributed by atoms with Gasteiger partial charge in [0.15, 0.2) is 9.84 Å². The lowest BCUT2D eigenvalue weighted by molar-refractivity contribution is -0.159. The fourth-order valence-corrected chi connectivity index (χ4v) is 5.26. The van der Waals surface area contributed by atoms with E-state index in [4.69, 9.17) is 9.15 Å². The van der Waals surface area contributed by atoms with Gasteiger partial charge in [-0.25, -0.2) is 26.4 Å². The van der Waals surface area contributed by atoms with Crippen molar-refractivity contribution < 1.29 is 58.0 Å². The lowest BCUT2D eigenvalue weighted by atomic mass is 9.99. The van der Waals surface area contributed by atoms with Crippen LogP contribution in [0.15, 0.2) is 45.3 Å². The van der Waals surface area contributed by atoms with E-state index in [0.29, 0.717) is 6.07 Å². The smallest absolute Gasteiger partial charge is 0.444 e. The maximum absolute atomic E-state index is 16.0. The van der Waals surface area contributed by atoms with E-state index < -0.39 is 109 Å². The number of carbonyl (C=O) groups is 2. The number of nitrogens with one attached hydrogen (secondary N) is 1. The zero-order chi connectivity index (χ0) is 37.9. The molecule has 1 aliphatic rings. The van der Waals surface area contributed by atoms with E-state index in [0.717, 1.165) is 17.2 Å². The number of carbonyl (C=O) groups excluding carboxylic acids is 2. The Morgan fingerprint density at radius 2 is 1.71 bits per heavy atom. The molecule has 0 unspecified atom stereocenters. The number of anilines is 1. The summed E-state index contributed by atoms with van der Waals surface area (Å²) in [6, 6.07) is 4.76. The van der Waals surface area contributed by atoms with E-state index in [1.165, 1.54) is 58.9 Å². The molecule has 2 amide bonds. The van der Waals surface area contributed by atoms with Crippen LogP contribution < -0.4 is 10.2 Å². The molecule has 3 heterocycles. The van der Waals surface area contributed by atoms with E-state index in [-0.39, 0.29) is 11.1 Å². The minimum absolute atomic E-state index is 0.0881. The van der Waals surface area contributed by atoms with Gasteiger partial charge in [-0.2, -0.15) is 18.2 Å². The number of sulfone groups is 1. The van der Waals surface area contributed by atoms with Crippen molar-refractivity contribution in [3.8, 4) is 22.8 Å². The number of aromatic nitrogens is 4. The number of hydrogen-bond acceptors (Lipinski definition) is 11. The Hall–Kier alpha value is -5.01. The maximum Gasteiger partial charge on any atom is 0.471 e. The monoisotopic (exact) mass is 744 g/mol. The summed E-state index contributed by atoms with van der Waals surface area (Å²) in [5.74, 6) is -9.21. The van der Waals surface area contributed by atoms with Crippen molar-refractivity contribution in [2.24, 2.45) is 0 Å². The number of hydrogen-bond donors (Lipinski definition) is 1. The highest BCUT2D eigenvalue weighted by molar-refractivity contribution is 7.91. The van der Waals surface area contributed by atoms with Gasteiger partial charge in [-0.1, -0.05) is 29.4 Å². The molecular formula is C31H30F6N6O7S. The zero-order valence-corrected chi connectivity index (χ0v) is 28.5. The first-order chi connectivity index (χ1) is 23.4. The van der Waals surface area contributed by atoms with Gasteiger partial charge in [0.1, 0.15) is 22.2 Å². The van der Waals surface area contributed by atoms with Crippen LogP contribution in [0.3, 0.4) is 0 Å². The van der Waals surface area contributed by atoms with E-state index in [1.807, 2.05) is 0 Å². The predicted molar refractivity (Wildman–Crippen MR) is 165 cm³/mol. The van der Waals surface area contributed by atoms with Crippen LogP contribution in [-0.4, -0.2) is 58.7 Å². The molecule has 274 valence electrons. The van der Waals surface area contributed by atoms with Gasteiger partial charge in [0.05, 0.1) is 17.8 Å².